The smallest absolute Gasteiger partial charge is 0.339 e. The SMILES string of the molecule is CN(Cc1noc(C2CC2)n1)C(=O)c1ccc(C(=O)C(F)(F)F)s1. The van der Waals surface area contributed by atoms with Crippen molar-refractivity contribution in [1.29, 1.82) is 0 Å². The zero-order valence-electron chi connectivity index (χ0n) is 12.5. The monoisotopic (exact) mass is 359 g/mol. The Balaban J connectivity index is 1.66. The zero-order valence-corrected chi connectivity index (χ0v) is 13.3. The van der Waals surface area contributed by atoms with Crippen molar-refractivity contribution < 1.29 is 27.3 Å². The molecule has 0 spiro atoms. The van der Waals surface area contributed by atoms with Crippen LogP contribution in [0.2, 0.25) is 0 Å². The van der Waals surface area contributed by atoms with Crippen LogP contribution >= 0.6 is 11.3 Å². The number of Topliss-reactive ketones (excluding diaryl/α,β-unsaturated/α-hetero) is 1. The van der Waals surface area contributed by atoms with E-state index in [1.807, 2.05) is 0 Å². The summed E-state index contributed by atoms with van der Waals surface area (Å²) in [5.74, 6) is -1.31. The van der Waals surface area contributed by atoms with Crippen LogP contribution in [0.15, 0.2) is 16.7 Å². The summed E-state index contributed by atoms with van der Waals surface area (Å²) in [6, 6.07) is 2.20. The van der Waals surface area contributed by atoms with Gasteiger partial charge in [0.2, 0.25) is 5.89 Å². The van der Waals surface area contributed by atoms with Crippen LogP contribution in [-0.2, 0) is 6.54 Å². The third kappa shape index (κ3) is 3.48. The maximum atomic E-state index is 12.4. The zero-order chi connectivity index (χ0) is 17.5. The van der Waals surface area contributed by atoms with E-state index in [1.165, 1.54) is 18.0 Å². The molecule has 0 aromatic carbocycles. The Labute approximate surface area is 138 Å². The first-order valence-corrected chi connectivity index (χ1v) is 7.86. The number of amides is 1. The van der Waals surface area contributed by atoms with E-state index in [2.05, 4.69) is 10.1 Å². The van der Waals surface area contributed by atoms with Gasteiger partial charge in [0.25, 0.3) is 11.7 Å². The van der Waals surface area contributed by atoms with Crippen molar-refractivity contribution in [3.8, 4) is 0 Å². The van der Waals surface area contributed by atoms with Crippen LogP contribution in [0, 0.1) is 0 Å². The number of alkyl halides is 3. The van der Waals surface area contributed by atoms with Gasteiger partial charge in [-0.2, -0.15) is 18.2 Å². The minimum absolute atomic E-state index is 0.0380. The summed E-state index contributed by atoms with van der Waals surface area (Å²) < 4.78 is 42.3. The first-order chi connectivity index (χ1) is 11.3. The summed E-state index contributed by atoms with van der Waals surface area (Å²) in [5.41, 5.74) is 0. The molecule has 128 valence electrons. The van der Waals surface area contributed by atoms with Gasteiger partial charge in [0.05, 0.1) is 16.3 Å². The summed E-state index contributed by atoms with van der Waals surface area (Å²) in [7, 11) is 1.47. The van der Waals surface area contributed by atoms with Crippen LogP contribution in [0.1, 0.15) is 49.8 Å². The fraction of sp³-hybridized carbons (Fsp3) is 0.429. The van der Waals surface area contributed by atoms with Gasteiger partial charge in [-0.15, -0.1) is 11.3 Å². The molecular weight excluding hydrogens is 347 g/mol. The van der Waals surface area contributed by atoms with Crippen LogP contribution in [0.4, 0.5) is 13.2 Å². The lowest BCUT2D eigenvalue weighted by Gasteiger charge is -2.13. The molecule has 0 aliphatic heterocycles. The molecule has 0 unspecified atom stereocenters. The topological polar surface area (TPSA) is 76.3 Å². The number of carbonyl (C=O) groups excluding carboxylic acids is 2. The van der Waals surface area contributed by atoms with Gasteiger partial charge in [0.1, 0.15) is 0 Å². The molecule has 10 heteroatoms. The quantitative estimate of drug-likeness (QED) is 0.767. The second-order valence-corrected chi connectivity index (χ2v) is 6.56. The van der Waals surface area contributed by atoms with E-state index in [0.717, 1.165) is 18.9 Å². The molecule has 1 fully saturated rings. The molecule has 0 saturated heterocycles. The lowest BCUT2D eigenvalue weighted by atomic mass is 10.3. The highest BCUT2D eigenvalue weighted by Gasteiger charge is 2.40. The second kappa shape index (κ2) is 6.00. The fourth-order valence-electron chi connectivity index (χ4n) is 2.01. The summed E-state index contributed by atoms with van der Waals surface area (Å²) in [6.07, 6.45) is -2.95. The average molecular weight is 359 g/mol. The van der Waals surface area contributed by atoms with Crippen LogP contribution in [-0.4, -0.2) is 40.0 Å². The molecule has 2 aromatic rings. The maximum absolute atomic E-state index is 12.4. The number of nitrogens with zero attached hydrogens (tertiary/aromatic N) is 3. The number of rotatable bonds is 5. The first-order valence-electron chi connectivity index (χ1n) is 7.05. The summed E-state index contributed by atoms with van der Waals surface area (Å²) >= 11 is 0.510. The molecule has 6 nitrogen and oxygen atoms in total. The first kappa shape index (κ1) is 16.6. The third-order valence-corrected chi connectivity index (χ3v) is 4.51. The van der Waals surface area contributed by atoms with Crippen LogP contribution in [0.5, 0.6) is 0 Å². The van der Waals surface area contributed by atoms with E-state index < -0.39 is 22.7 Å². The van der Waals surface area contributed by atoms with Gasteiger partial charge in [-0.3, -0.25) is 9.59 Å². The van der Waals surface area contributed by atoms with E-state index in [9.17, 15) is 22.8 Å². The number of aromatic nitrogens is 2. The number of carbonyl (C=O) groups is 2. The van der Waals surface area contributed by atoms with Gasteiger partial charge >= 0.3 is 6.18 Å². The van der Waals surface area contributed by atoms with E-state index in [-0.39, 0.29) is 11.4 Å². The predicted molar refractivity (Wildman–Crippen MR) is 76.8 cm³/mol. The molecule has 2 aromatic heterocycles. The Hall–Kier alpha value is -2.23. The second-order valence-electron chi connectivity index (χ2n) is 5.48. The lowest BCUT2D eigenvalue weighted by molar-refractivity contribution is -0.0882. The average Bonchev–Trinajstić information content (AvgIpc) is 3.07. The highest BCUT2D eigenvalue weighted by atomic mass is 32.1. The van der Waals surface area contributed by atoms with Gasteiger partial charge < -0.3 is 9.42 Å². The molecule has 0 atom stereocenters. The normalized spacial score (nSPS) is 14.7. The van der Waals surface area contributed by atoms with Crippen molar-refractivity contribution in [2.45, 2.75) is 31.5 Å². The molecule has 2 heterocycles. The van der Waals surface area contributed by atoms with Crippen LogP contribution in [0.25, 0.3) is 0 Å². The van der Waals surface area contributed by atoms with Crippen molar-refractivity contribution >= 4 is 23.0 Å². The maximum Gasteiger partial charge on any atom is 0.455 e. The molecule has 3 rings (SSSR count). The highest BCUT2D eigenvalue weighted by Crippen LogP contribution is 2.38. The van der Waals surface area contributed by atoms with Gasteiger partial charge in [0.15, 0.2) is 5.82 Å². The van der Waals surface area contributed by atoms with Crippen molar-refractivity contribution in [2.24, 2.45) is 0 Å². The Morgan fingerprint density at radius 2 is 2.00 bits per heavy atom. The summed E-state index contributed by atoms with van der Waals surface area (Å²) in [5, 5.41) is 3.78. The Kier molecular flexibility index (Phi) is 4.16. The number of ketones is 1. The minimum Gasteiger partial charge on any atom is -0.339 e. The molecule has 0 radical (unpaired) electrons. The van der Waals surface area contributed by atoms with E-state index in [0.29, 0.717) is 29.0 Å². The minimum atomic E-state index is -4.96. The molecule has 1 aliphatic rings. The third-order valence-electron chi connectivity index (χ3n) is 3.43. The van der Waals surface area contributed by atoms with E-state index >= 15 is 0 Å². The van der Waals surface area contributed by atoms with Crippen molar-refractivity contribution in [2.75, 3.05) is 7.05 Å². The number of hydrogen-bond acceptors (Lipinski definition) is 6. The molecule has 1 amide bonds. The van der Waals surface area contributed by atoms with Crippen LogP contribution < -0.4 is 0 Å². The van der Waals surface area contributed by atoms with Gasteiger partial charge in [-0.05, 0) is 25.0 Å². The van der Waals surface area contributed by atoms with Gasteiger partial charge in [-0.1, -0.05) is 5.16 Å². The van der Waals surface area contributed by atoms with Gasteiger partial charge in [-0.25, -0.2) is 0 Å². The molecule has 1 saturated carbocycles. The number of halogens is 3. The number of thiophene rings is 1. The van der Waals surface area contributed by atoms with E-state index in [4.69, 9.17) is 4.52 Å². The Morgan fingerprint density at radius 1 is 1.33 bits per heavy atom. The van der Waals surface area contributed by atoms with Crippen LogP contribution in [0.3, 0.4) is 0 Å². The largest absolute Gasteiger partial charge is 0.455 e. The van der Waals surface area contributed by atoms with Crippen molar-refractivity contribution in [1.82, 2.24) is 15.0 Å². The highest BCUT2D eigenvalue weighted by molar-refractivity contribution is 7.16. The number of hydrogen-bond donors (Lipinski definition) is 0. The summed E-state index contributed by atoms with van der Waals surface area (Å²) in [6.45, 7) is 0.0650. The Bertz CT molecular complexity index is 780. The molecule has 0 N–H and O–H groups in total. The molecular formula is C14H12F3N3O3S. The van der Waals surface area contributed by atoms with E-state index in [1.54, 1.807) is 0 Å². The Morgan fingerprint density at radius 3 is 2.62 bits per heavy atom. The molecule has 1 aliphatic carbocycles. The van der Waals surface area contributed by atoms with Gasteiger partial charge in [0, 0.05) is 13.0 Å². The fourth-order valence-corrected chi connectivity index (χ4v) is 2.98. The lowest BCUT2D eigenvalue weighted by Crippen LogP contribution is -2.26. The molecule has 0 bridgehead atoms. The molecule has 24 heavy (non-hydrogen) atoms. The van der Waals surface area contributed by atoms with Crippen molar-refractivity contribution in [3.05, 3.63) is 33.6 Å². The summed E-state index contributed by atoms with van der Waals surface area (Å²) in [4.78, 5) is 28.4. The standard InChI is InChI=1S/C14H12F3N3O3S/c1-20(6-10-18-12(23-19-10)7-2-3-7)13(22)9-5-4-8(24-9)11(21)14(15,16)17/h4-5,7H,2-3,6H2,1H3. The predicted octanol–water partition coefficient (Wildman–Crippen LogP) is 3.03. The van der Waals surface area contributed by atoms with Crippen molar-refractivity contribution in [3.63, 3.8) is 0 Å².